The van der Waals surface area contributed by atoms with E-state index >= 15 is 0 Å². The van der Waals surface area contributed by atoms with Gasteiger partial charge in [0.05, 0.1) is 7.11 Å². The Morgan fingerprint density at radius 2 is 1.71 bits per heavy atom. The van der Waals surface area contributed by atoms with E-state index in [1.165, 1.54) is 7.11 Å². The van der Waals surface area contributed by atoms with Crippen LogP contribution in [0.1, 0.15) is 55.8 Å². The Kier molecular flexibility index (Phi) is 7.10. The third-order valence-corrected chi connectivity index (χ3v) is 5.68. The zero-order chi connectivity index (χ0) is 25.0. The van der Waals surface area contributed by atoms with Gasteiger partial charge < -0.3 is 24.1 Å². The van der Waals surface area contributed by atoms with Gasteiger partial charge in [-0.2, -0.15) is 0 Å². The van der Waals surface area contributed by atoms with E-state index in [0.29, 0.717) is 30.4 Å². The number of esters is 1. The maximum Gasteiger partial charge on any atom is 0.410 e. The molecule has 8 nitrogen and oxygen atoms in total. The van der Waals surface area contributed by atoms with Crippen molar-refractivity contribution < 1.29 is 23.8 Å². The Bertz CT molecular complexity index is 1170. The smallest absolute Gasteiger partial charge is 0.410 e. The predicted octanol–water partition coefficient (Wildman–Crippen LogP) is 5.77. The molecule has 1 amide bonds. The molecule has 0 aliphatic carbocycles. The van der Waals surface area contributed by atoms with Gasteiger partial charge in [0.25, 0.3) is 0 Å². The number of H-pyrrole nitrogens is 1. The molecule has 1 aliphatic rings. The molecular weight excluding hydrogens is 446 g/mol. The molecule has 184 valence electrons. The van der Waals surface area contributed by atoms with Crippen LogP contribution in [-0.4, -0.2) is 52.7 Å². The van der Waals surface area contributed by atoms with Gasteiger partial charge in [0, 0.05) is 24.6 Å². The van der Waals surface area contributed by atoms with Gasteiger partial charge in [-0.3, -0.25) is 0 Å². The molecule has 0 saturated carbocycles. The molecule has 0 unspecified atom stereocenters. The Hall–Kier alpha value is -3.81. The van der Waals surface area contributed by atoms with Crippen molar-refractivity contribution in [2.24, 2.45) is 0 Å². The number of nitrogens with one attached hydrogen (secondary N) is 1. The fourth-order valence-electron chi connectivity index (χ4n) is 4.04. The summed E-state index contributed by atoms with van der Waals surface area (Å²) in [6.45, 7) is 6.65. The number of nitrogens with zero attached hydrogens (tertiary/aromatic N) is 2. The van der Waals surface area contributed by atoms with Crippen LogP contribution in [0.15, 0.2) is 54.6 Å². The fourth-order valence-corrected chi connectivity index (χ4v) is 4.04. The summed E-state index contributed by atoms with van der Waals surface area (Å²) in [4.78, 5) is 34.8. The van der Waals surface area contributed by atoms with Crippen molar-refractivity contribution in [1.82, 2.24) is 14.9 Å². The first-order valence-corrected chi connectivity index (χ1v) is 11.7. The number of benzene rings is 2. The number of carbonyl (C=O) groups is 2. The summed E-state index contributed by atoms with van der Waals surface area (Å²) in [5.74, 6) is 1.52. The Labute approximate surface area is 205 Å². The van der Waals surface area contributed by atoms with Gasteiger partial charge in [0.2, 0.25) is 0 Å². The van der Waals surface area contributed by atoms with E-state index < -0.39 is 11.6 Å². The van der Waals surface area contributed by atoms with E-state index in [2.05, 4.69) is 4.98 Å². The highest BCUT2D eigenvalue weighted by molar-refractivity contribution is 5.94. The molecule has 1 fully saturated rings. The van der Waals surface area contributed by atoms with Gasteiger partial charge in [-0.05, 0) is 70.0 Å². The second-order valence-electron chi connectivity index (χ2n) is 9.54. The highest BCUT2D eigenvalue weighted by Crippen LogP contribution is 2.32. The van der Waals surface area contributed by atoms with Crippen LogP contribution in [0, 0.1) is 0 Å². The van der Waals surface area contributed by atoms with Gasteiger partial charge in [-0.1, -0.05) is 18.2 Å². The van der Waals surface area contributed by atoms with Crippen molar-refractivity contribution >= 4 is 12.1 Å². The number of imidazole rings is 1. The highest BCUT2D eigenvalue weighted by atomic mass is 16.6. The number of ether oxygens (including phenoxy) is 3. The fraction of sp³-hybridized carbons (Fsp3) is 0.370. The molecular formula is C27H31N3O5. The summed E-state index contributed by atoms with van der Waals surface area (Å²) < 4.78 is 16.4. The summed E-state index contributed by atoms with van der Waals surface area (Å²) in [5.41, 5.74) is 0.991. The average Bonchev–Trinajstić information content (AvgIpc) is 3.29. The van der Waals surface area contributed by atoms with Crippen molar-refractivity contribution in [2.75, 3.05) is 20.2 Å². The largest absolute Gasteiger partial charge is 0.464 e. The molecule has 1 N–H and O–H groups in total. The molecule has 1 aliphatic heterocycles. The number of para-hydroxylation sites is 1. The quantitative estimate of drug-likeness (QED) is 0.469. The number of rotatable bonds is 5. The molecule has 3 aromatic rings. The summed E-state index contributed by atoms with van der Waals surface area (Å²) in [7, 11) is 1.34. The minimum Gasteiger partial charge on any atom is -0.464 e. The summed E-state index contributed by atoms with van der Waals surface area (Å²) in [6.07, 6.45) is 1.33. The molecule has 1 aromatic heterocycles. The molecule has 0 bridgehead atoms. The number of piperidine rings is 1. The molecule has 0 radical (unpaired) electrons. The number of aromatic amines is 1. The van der Waals surface area contributed by atoms with Crippen LogP contribution in [0.5, 0.6) is 11.5 Å². The normalized spacial score (nSPS) is 16.0. The first-order valence-electron chi connectivity index (χ1n) is 11.7. The standard InChI is InChI=1S/C27H31N3O5/c1-27(2,3)35-26(32)30-16-8-9-19(17-30)24-28-22(23(29-24)25(31)33-4)18-12-14-21(15-13-18)34-20-10-6-5-7-11-20/h5-7,10-15,19H,8-9,16-17H2,1-4H3,(H,28,29)/t19-/m1/s1. The lowest BCUT2D eigenvalue weighted by Crippen LogP contribution is -2.42. The van der Waals surface area contributed by atoms with Crippen molar-refractivity contribution in [2.45, 2.75) is 45.1 Å². The Balaban J connectivity index is 1.56. The number of amides is 1. The molecule has 2 aromatic carbocycles. The molecule has 1 atom stereocenters. The number of methoxy groups -OCH3 is 1. The van der Waals surface area contributed by atoms with Gasteiger partial charge in [-0.15, -0.1) is 0 Å². The van der Waals surface area contributed by atoms with Crippen LogP contribution in [0.2, 0.25) is 0 Å². The van der Waals surface area contributed by atoms with E-state index in [-0.39, 0.29) is 17.7 Å². The SMILES string of the molecule is COC(=O)c1[nH]c([C@@H]2CCCN(C(=O)OC(C)(C)C)C2)nc1-c1ccc(Oc2ccccc2)cc1. The van der Waals surface area contributed by atoms with E-state index in [1.54, 1.807) is 4.90 Å². The molecule has 35 heavy (non-hydrogen) atoms. The van der Waals surface area contributed by atoms with Crippen molar-refractivity contribution in [1.29, 1.82) is 0 Å². The second kappa shape index (κ2) is 10.2. The summed E-state index contributed by atoms with van der Waals surface area (Å²) in [5, 5.41) is 0. The molecule has 4 rings (SSSR count). The third kappa shape index (κ3) is 6.01. The minimum atomic E-state index is -0.559. The van der Waals surface area contributed by atoms with Gasteiger partial charge in [0.15, 0.2) is 5.69 Å². The number of likely N-dealkylation sites (tertiary alicyclic amines) is 1. The van der Waals surface area contributed by atoms with Crippen LogP contribution in [-0.2, 0) is 9.47 Å². The van der Waals surface area contributed by atoms with Crippen LogP contribution in [0.25, 0.3) is 11.3 Å². The lowest BCUT2D eigenvalue weighted by molar-refractivity contribution is 0.0195. The lowest BCUT2D eigenvalue weighted by Gasteiger charge is -2.33. The molecule has 0 spiro atoms. The van der Waals surface area contributed by atoms with E-state index in [1.807, 2.05) is 75.4 Å². The van der Waals surface area contributed by atoms with Crippen LogP contribution in [0.4, 0.5) is 4.79 Å². The van der Waals surface area contributed by atoms with Gasteiger partial charge in [0.1, 0.15) is 28.6 Å². The third-order valence-electron chi connectivity index (χ3n) is 5.68. The molecule has 8 heteroatoms. The van der Waals surface area contributed by atoms with Gasteiger partial charge in [-0.25, -0.2) is 14.6 Å². The van der Waals surface area contributed by atoms with E-state index in [0.717, 1.165) is 24.2 Å². The van der Waals surface area contributed by atoms with Gasteiger partial charge >= 0.3 is 12.1 Å². The maximum atomic E-state index is 12.6. The average molecular weight is 478 g/mol. The van der Waals surface area contributed by atoms with Crippen molar-refractivity contribution in [3.63, 3.8) is 0 Å². The second-order valence-corrected chi connectivity index (χ2v) is 9.54. The zero-order valence-electron chi connectivity index (χ0n) is 20.5. The minimum absolute atomic E-state index is 0.0471. The van der Waals surface area contributed by atoms with E-state index in [4.69, 9.17) is 19.2 Å². The first kappa shape index (κ1) is 24.3. The summed E-state index contributed by atoms with van der Waals surface area (Å²) in [6, 6.07) is 16.9. The van der Waals surface area contributed by atoms with Crippen molar-refractivity contribution in [3.8, 4) is 22.8 Å². The molecule has 2 heterocycles. The van der Waals surface area contributed by atoms with E-state index in [9.17, 15) is 9.59 Å². The predicted molar refractivity (Wildman–Crippen MR) is 132 cm³/mol. The Morgan fingerprint density at radius 3 is 2.37 bits per heavy atom. The number of aromatic nitrogens is 2. The summed E-state index contributed by atoms with van der Waals surface area (Å²) >= 11 is 0. The molecule has 1 saturated heterocycles. The number of hydrogen-bond donors (Lipinski definition) is 1. The maximum absolute atomic E-state index is 12.6. The van der Waals surface area contributed by atoms with Crippen LogP contribution < -0.4 is 4.74 Å². The monoisotopic (exact) mass is 477 g/mol. The first-order chi connectivity index (χ1) is 16.7. The van der Waals surface area contributed by atoms with Crippen LogP contribution >= 0.6 is 0 Å². The van der Waals surface area contributed by atoms with Crippen LogP contribution in [0.3, 0.4) is 0 Å². The highest BCUT2D eigenvalue weighted by Gasteiger charge is 2.31. The van der Waals surface area contributed by atoms with Crippen molar-refractivity contribution in [3.05, 3.63) is 66.1 Å². The number of carbonyl (C=O) groups excluding carboxylic acids is 2. The Morgan fingerprint density at radius 1 is 1.03 bits per heavy atom. The topological polar surface area (TPSA) is 93.8 Å². The number of hydrogen-bond acceptors (Lipinski definition) is 6. The zero-order valence-corrected chi connectivity index (χ0v) is 20.5. The lowest BCUT2D eigenvalue weighted by atomic mass is 9.98.